The number of nitrogens with one attached hydrogen (secondary N) is 1. The average Bonchev–Trinajstić information content (AvgIpc) is 2.42. The third-order valence-corrected chi connectivity index (χ3v) is 3.53. The van der Waals surface area contributed by atoms with Gasteiger partial charge >= 0.3 is 0 Å². The molecular weight excluding hydrogens is 343 g/mol. The van der Waals surface area contributed by atoms with Gasteiger partial charge in [-0.3, -0.25) is 14.9 Å². The second kappa shape index (κ2) is 6.01. The minimum atomic E-state index is -0.530. The normalized spacial score (nSPS) is 10.2. The fraction of sp³-hybridized carbons (Fsp3) is 0.0714. The van der Waals surface area contributed by atoms with Crippen molar-refractivity contribution in [1.29, 1.82) is 0 Å². The molecule has 21 heavy (non-hydrogen) atoms. The number of nitro benzene ring substituents is 1. The number of halogens is 2. The summed E-state index contributed by atoms with van der Waals surface area (Å²) in [6.07, 6.45) is 0. The first-order chi connectivity index (χ1) is 9.88. The molecule has 0 aromatic heterocycles. The first kappa shape index (κ1) is 15.1. The molecule has 2 aromatic rings. The Morgan fingerprint density at radius 3 is 2.62 bits per heavy atom. The lowest BCUT2D eigenvalue weighted by Gasteiger charge is -2.09. The highest BCUT2D eigenvalue weighted by atomic mass is 79.9. The Morgan fingerprint density at radius 2 is 2.00 bits per heavy atom. The van der Waals surface area contributed by atoms with E-state index in [0.717, 1.165) is 0 Å². The Labute approximate surface area is 128 Å². The minimum absolute atomic E-state index is 0.0870. The van der Waals surface area contributed by atoms with Gasteiger partial charge in [-0.25, -0.2) is 4.39 Å². The number of nitro groups is 1. The number of carbonyl (C=O) groups excluding carboxylic acids is 1. The quantitative estimate of drug-likeness (QED) is 0.668. The Hall–Kier alpha value is -2.28. The van der Waals surface area contributed by atoms with Gasteiger partial charge in [0.25, 0.3) is 11.6 Å². The van der Waals surface area contributed by atoms with Crippen molar-refractivity contribution in [1.82, 2.24) is 0 Å². The lowest BCUT2D eigenvalue weighted by Crippen LogP contribution is -2.14. The van der Waals surface area contributed by atoms with E-state index in [-0.39, 0.29) is 16.9 Å². The Bertz CT molecular complexity index is 734. The van der Waals surface area contributed by atoms with Crippen molar-refractivity contribution in [3.8, 4) is 0 Å². The summed E-state index contributed by atoms with van der Waals surface area (Å²) >= 11 is 3.21. The lowest BCUT2D eigenvalue weighted by molar-refractivity contribution is -0.384. The van der Waals surface area contributed by atoms with Crippen LogP contribution in [0.3, 0.4) is 0 Å². The molecule has 0 bridgehead atoms. The highest BCUT2D eigenvalue weighted by Crippen LogP contribution is 2.24. The van der Waals surface area contributed by atoms with Crippen molar-refractivity contribution in [2.24, 2.45) is 0 Å². The van der Waals surface area contributed by atoms with Gasteiger partial charge in [0.2, 0.25) is 0 Å². The molecule has 1 N–H and O–H groups in total. The monoisotopic (exact) mass is 352 g/mol. The van der Waals surface area contributed by atoms with Crippen molar-refractivity contribution in [2.75, 3.05) is 5.32 Å². The Kier molecular flexibility index (Phi) is 4.32. The lowest BCUT2D eigenvalue weighted by atomic mass is 10.1. The standard InChI is InChI=1S/C14H10BrFN2O3/c1-8-6-10(18(20)21)3-4-11(8)14(19)17-13-7-9(16)2-5-12(13)15/h2-7H,1H3,(H,17,19). The molecule has 0 saturated carbocycles. The number of rotatable bonds is 3. The molecule has 1 amide bonds. The Balaban J connectivity index is 2.28. The highest BCUT2D eigenvalue weighted by molar-refractivity contribution is 9.10. The van der Waals surface area contributed by atoms with Gasteiger partial charge in [-0.2, -0.15) is 0 Å². The second-order valence-corrected chi connectivity index (χ2v) is 5.19. The van der Waals surface area contributed by atoms with Crippen LogP contribution in [0, 0.1) is 22.9 Å². The molecule has 0 saturated heterocycles. The van der Waals surface area contributed by atoms with E-state index in [1.165, 1.54) is 36.4 Å². The fourth-order valence-corrected chi connectivity index (χ4v) is 2.14. The van der Waals surface area contributed by atoms with Gasteiger partial charge < -0.3 is 5.32 Å². The van der Waals surface area contributed by atoms with Gasteiger partial charge in [-0.15, -0.1) is 0 Å². The molecule has 0 aliphatic heterocycles. The molecule has 0 radical (unpaired) electrons. The van der Waals surface area contributed by atoms with Crippen LogP contribution in [0.15, 0.2) is 40.9 Å². The fourth-order valence-electron chi connectivity index (χ4n) is 1.80. The van der Waals surface area contributed by atoms with E-state index in [0.29, 0.717) is 10.0 Å². The number of nitrogens with zero attached hydrogens (tertiary/aromatic N) is 1. The zero-order chi connectivity index (χ0) is 15.6. The third-order valence-electron chi connectivity index (χ3n) is 2.84. The van der Waals surface area contributed by atoms with E-state index in [2.05, 4.69) is 21.2 Å². The van der Waals surface area contributed by atoms with Crippen molar-refractivity contribution in [3.05, 3.63) is 67.9 Å². The SMILES string of the molecule is Cc1cc([N+](=O)[O-])ccc1C(=O)Nc1cc(F)ccc1Br. The van der Waals surface area contributed by atoms with Gasteiger partial charge in [0.15, 0.2) is 0 Å². The molecule has 0 aliphatic carbocycles. The minimum Gasteiger partial charge on any atom is -0.321 e. The number of anilines is 1. The maximum Gasteiger partial charge on any atom is 0.269 e. The van der Waals surface area contributed by atoms with Crippen LogP contribution in [0.1, 0.15) is 15.9 Å². The van der Waals surface area contributed by atoms with Gasteiger partial charge in [0.1, 0.15) is 5.82 Å². The Morgan fingerprint density at radius 1 is 1.29 bits per heavy atom. The van der Waals surface area contributed by atoms with Crippen LogP contribution in [-0.4, -0.2) is 10.8 Å². The largest absolute Gasteiger partial charge is 0.321 e. The summed E-state index contributed by atoms with van der Waals surface area (Å²) in [7, 11) is 0. The molecule has 5 nitrogen and oxygen atoms in total. The van der Waals surface area contributed by atoms with E-state index >= 15 is 0 Å². The van der Waals surface area contributed by atoms with Crippen LogP contribution in [-0.2, 0) is 0 Å². The van der Waals surface area contributed by atoms with E-state index in [9.17, 15) is 19.3 Å². The van der Waals surface area contributed by atoms with E-state index in [1.54, 1.807) is 6.92 Å². The van der Waals surface area contributed by atoms with Gasteiger partial charge in [-0.1, -0.05) is 0 Å². The third kappa shape index (κ3) is 3.43. The highest BCUT2D eigenvalue weighted by Gasteiger charge is 2.14. The van der Waals surface area contributed by atoms with Gasteiger partial charge in [-0.05, 0) is 52.7 Å². The molecule has 0 unspecified atom stereocenters. The first-order valence-corrected chi connectivity index (χ1v) is 6.69. The number of non-ortho nitro benzene ring substituents is 1. The molecule has 0 fully saturated rings. The van der Waals surface area contributed by atoms with Crippen molar-refractivity contribution >= 4 is 33.2 Å². The van der Waals surface area contributed by atoms with E-state index in [4.69, 9.17) is 0 Å². The number of aryl methyl sites for hydroxylation is 1. The summed E-state index contributed by atoms with van der Waals surface area (Å²) < 4.78 is 13.7. The molecule has 0 aliphatic rings. The predicted molar refractivity (Wildman–Crippen MR) is 79.9 cm³/mol. The topological polar surface area (TPSA) is 72.2 Å². The number of hydrogen-bond acceptors (Lipinski definition) is 3. The molecule has 0 atom stereocenters. The first-order valence-electron chi connectivity index (χ1n) is 5.90. The van der Waals surface area contributed by atoms with Crippen LogP contribution in [0.2, 0.25) is 0 Å². The molecule has 2 rings (SSSR count). The maximum absolute atomic E-state index is 13.2. The van der Waals surface area contributed by atoms with E-state index in [1.807, 2.05) is 0 Å². The molecule has 108 valence electrons. The van der Waals surface area contributed by atoms with Crippen molar-refractivity contribution in [3.63, 3.8) is 0 Å². The van der Waals surface area contributed by atoms with Gasteiger partial charge in [0, 0.05) is 22.2 Å². The van der Waals surface area contributed by atoms with Crippen molar-refractivity contribution < 1.29 is 14.1 Å². The molecule has 7 heteroatoms. The number of carbonyl (C=O) groups is 1. The maximum atomic E-state index is 13.2. The number of benzene rings is 2. The predicted octanol–water partition coefficient (Wildman–Crippen LogP) is 4.06. The van der Waals surface area contributed by atoms with Crippen LogP contribution in [0.25, 0.3) is 0 Å². The van der Waals surface area contributed by atoms with Crippen LogP contribution >= 0.6 is 15.9 Å². The van der Waals surface area contributed by atoms with Crippen LogP contribution in [0.5, 0.6) is 0 Å². The summed E-state index contributed by atoms with van der Waals surface area (Å²) in [4.78, 5) is 22.3. The van der Waals surface area contributed by atoms with Crippen LogP contribution in [0.4, 0.5) is 15.8 Å². The zero-order valence-corrected chi connectivity index (χ0v) is 12.5. The summed E-state index contributed by atoms with van der Waals surface area (Å²) in [5, 5.41) is 13.2. The number of hydrogen-bond donors (Lipinski definition) is 1. The second-order valence-electron chi connectivity index (χ2n) is 4.33. The van der Waals surface area contributed by atoms with Crippen LogP contribution < -0.4 is 5.32 Å². The molecule has 2 aromatic carbocycles. The molecule has 0 heterocycles. The van der Waals surface area contributed by atoms with Crippen molar-refractivity contribution in [2.45, 2.75) is 6.92 Å². The van der Waals surface area contributed by atoms with E-state index < -0.39 is 16.6 Å². The summed E-state index contributed by atoms with van der Waals surface area (Å²) in [6.45, 7) is 1.60. The summed E-state index contributed by atoms with van der Waals surface area (Å²) in [5.74, 6) is -0.942. The zero-order valence-electron chi connectivity index (χ0n) is 10.9. The molecular formula is C14H10BrFN2O3. The number of amides is 1. The summed E-state index contributed by atoms with van der Waals surface area (Å²) in [6, 6.07) is 7.86. The summed E-state index contributed by atoms with van der Waals surface area (Å²) in [5.41, 5.74) is 0.958. The smallest absolute Gasteiger partial charge is 0.269 e. The van der Waals surface area contributed by atoms with Gasteiger partial charge in [0.05, 0.1) is 10.6 Å². The molecule has 0 spiro atoms. The average molecular weight is 353 g/mol.